The standard InChI is InChI=1S/C20H16FN3O2/c1-24-13-12-22-19(24)18(25)11-4-14-2-9-17(10-3-14)23-20(26)15-5-7-16(21)8-6-15/h2-13H,1H3,(H,23,26)/b11-4+. The lowest BCUT2D eigenvalue weighted by atomic mass is 10.1. The van der Waals surface area contributed by atoms with Crippen LogP contribution in [-0.4, -0.2) is 21.2 Å². The predicted octanol–water partition coefficient (Wildman–Crippen LogP) is 3.71. The lowest BCUT2D eigenvalue weighted by Gasteiger charge is -2.05. The summed E-state index contributed by atoms with van der Waals surface area (Å²) in [7, 11) is 1.76. The lowest BCUT2D eigenvalue weighted by molar-refractivity contribution is 0.102. The number of hydrogen-bond donors (Lipinski definition) is 1. The first kappa shape index (κ1) is 17.3. The van der Waals surface area contributed by atoms with Gasteiger partial charge in [-0.2, -0.15) is 0 Å². The largest absolute Gasteiger partial charge is 0.331 e. The second kappa shape index (κ2) is 7.57. The van der Waals surface area contributed by atoms with Crippen molar-refractivity contribution in [2.24, 2.45) is 7.05 Å². The highest BCUT2D eigenvalue weighted by Gasteiger charge is 2.07. The van der Waals surface area contributed by atoms with Crippen LogP contribution in [0.1, 0.15) is 26.5 Å². The van der Waals surface area contributed by atoms with Gasteiger partial charge in [-0.25, -0.2) is 9.37 Å². The van der Waals surface area contributed by atoms with Gasteiger partial charge in [0.2, 0.25) is 5.78 Å². The SMILES string of the molecule is Cn1ccnc1C(=O)/C=C/c1ccc(NC(=O)c2ccc(F)cc2)cc1. The second-order valence-corrected chi connectivity index (χ2v) is 5.64. The van der Waals surface area contributed by atoms with Crippen molar-refractivity contribution in [1.82, 2.24) is 9.55 Å². The molecule has 6 heteroatoms. The van der Waals surface area contributed by atoms with Crippen LogP contribution in [0, 0.1) is 5.82 Å². The van der Waals surface area contributed by atoms with Crippen molar-refractivity contribution < 1.29 is 14.0 Å². The summed E-state index contributed by atoms with van der Waals surface area (Å²) in [5.41, 5.74) is 1.79. The minimum absolute atomic E-state index is 0.189. The average molecular weight is 349 g/mol. The lowest BCUT2D eigenvalue weighted by Crippen LogP contribution is -2.11. The van der Waals surface area contributed by atoms with Crippen LogP contribution in [0.25, 0.3) is 6.08 Å². The number of halogens is 1. The Morgan fingerprint density at radius 2 is 1.77 bits per heavy atom. The summed E-state index contributed by atoms with van der Waals surface area (Å²) in [5.74, 6) is -0.536. The zero-order chi connectivity index (χ0) is 18.5. The Balaban J connectivity index is 1.64. The number of amides is 1. The maximum absolute atomic E-state index is 12.9. The van der Waals surface area contributed by atoms with Crippen LogP contribution < -0.4 is 5.32 Å². The third-order valence-electron chi connectivity index (χ3n) is 3.74. The quantitative estimate of drug-likeness (QED) is 0.564. The molecule has 1 N–H and O–H groups in total. The Morgan fingerprint density at radius 1 is 1.08 bits per heavy atom. The van der Waals surface area contributed by atoms with Crippen LogP contribution in [0.3, 0.4) is 0 Å². The molecule has 26 heavy (non-hydrogen) atoms. The molecule has 1 heterocycles. The molecule has 0 aliphatic carbocycles. The normalized spacial score (nSPS) is 10.8. The number of ketones is 1. The fourth-order valence-electron chi connectivity index (χ4n) is 2.33. The van der Waals surface area contributed by atoms with E-state index in [9.17, 15) is 14.0 Å². The number of nitrogens with one attached hydrogen (secondary N) is 1. The summed E-state index contributed by atoms with van der Waals surface area (Å²) in [6, 6.07) is 12.3. The number of aryl methyl sites for hydroxylation is 1. The minimum Gasteiger partial charge on any atom is -0.331 e. The Bertz CT molecular complexity index is 957. The number of aromatic nitrogens is 2. The van der Waals surface area contributed by atoms with Crippen LogP contribution in [0.15, 0.2) is 67.0 Å². The van der Waals surface area contributed by atoms with E-state index < -0.39 is 5.82 Å². The fourth-order valence-corrected chi connectivity index (χ4v) is 2.33. The molecule has 0 aliphatic heterocycles. The number of carbonyl (C=O) groups is 2. The van der Waals surface area contributed by atoms with Crippen LogP contribution in [-0.2, 0) is 7.05 Å². The van der Waals surface area contributed by atoms with E-state index in [0.717, 1.165) is 5.56 Å². The molecule has 130 valence electrons. The number of anilines is 1. The van der Waals surface area contributed by atoms with Crippen molar-refractivity contribution in [2.75, 3.05) is 5.32 Å². The van der Waals surface area contributed by atoms with Gasteiger partial charge in [0.25, 0.3) is 5.91 Å². The molecular formula is C20H16FN3O2. The van der Waals surface area contributed by atoms with Gasteiger partial charge in [0, 0.05) is 30.7 Å². The molecule has 3 rings (SSSR count). The first-order valence-electron chi connectivity index (χ1n) is 7.89. The molecule has 0 fully saturated rings. The van der Waals surface area contributed by atoms with Gasteiger partial charge >= 0.3 is 0 Å². The maximum Gasteiger partial charge on any atom is 0.255 e. The van der Waals surface area contributed by atoms with Crippen LogP contribution >= 0.6 is 0 Å². The number of allylic oxidation sites excluding steroid dienone is 1. The van der Waals surface area contributed by atoms with E-state index in [1.807, 2.05) is 0 Å². The summed E-state index contributed by atoms with van der Waals surface area (Å²) in [6.07, 6.45) is 6.41. The van der Waals surface area contributed by atoms with Crippen molar-refractivity contribution in [1.29, 1.82) is 0 Å². The van der Waals surface area contributed by atoms with Crippen molar-refractivity contribution in [3.63, 3.8) is 0 Å². The Kier molecular flexibility index (Phi) is 5.03. The highest BCUT2D eigenvalue weighted by molar-refractivity contribution is 6.05. The molecule has 1 aromatic heterocycles. The number of benzene rings is 2. The van der Waals surface area contributed by atoms with Gasteiger partial charge in [0.15, 0.2) is 5.82 Å². The Morgan fingerprint density at radius 3 is 2.38 bits per heavy atom. The molecule has 0 aliphatic rings. The number of hydrogen-bond acceptors (Lipinski definition) is 3. The van der Waals surface area contributed by atoms with Gasteiger partial charge in [-0.15, -0.1) is 0 Å². The van der Waals surface area contributed by atoms with E-state index in [4.69, 9.17) is 0 Å². The monoisotopic (exact) mass is 349 g/mol. The molecule has 0 saturated carbocycles. The highest BCUT2D eigenvalue weighted by atomic mass is 19.1. The molecule has 0 bridgehead atoms. The number of carbonyl (C=O) groups excluding carboxylic acids is 2. The van der Waals surface area contributed by atoms with Crippen LogP contribution in [0.4, 0.5) is 10.1 Å². The maximum atomic E-state index is 12.9. The Hall–Kier alpha value is -3.54. The van der Waals surface area contributed by atoms with E-state index >= 15 is 0 Å². The average Bonchev–Trinajstić information content (AvgIpc) is 3.07. The van der Waals surface area contributed by atoms with E-state index in [1.165, 1.54) is 30.3 Å². The second-order valence-electron chi connectivity index (χ2n) is 5.64. The molecule has 0 saturated heterocycles. The molecular weight excluding hydrogens is 333 g/mol. The van der Waals surface area contributed by atoms with Crippen LogP contribution in [0.2, 0.25) is 0 Å². The van der Waals surface area contributed by atoms with Gasteiger partial charge in [-0.3, -0.25) is 9.59 Å². The molecule has 0 unspecified atom stereocenters. The summed E-state index contributed by atoms with van der Waals surface area (Å²) in [5, 5.41) is 2.73. The minimum atomic E-state index is -0.391. The van der Waals surface area contributed by atoms with Crippen molar-refractivity contribution in [2.45, 2.75) is 0 Å². The molecule has 3 aromatic rings. The van der Waals surface area contributed by atoms with Gasteiger partial charge in [0.05, 0.1) is 0 Å². The topological polar surface area (TPSA) is 64.0 Å². The number of nitrogens with zero attached hydrogens (tertiary/aromatic N) is 2. The molecule has 5 nitrogen and oxygen atoms in total. The zero-order valence-electron chi connectivity index (χ0n) is 14.0. The Labute approximate surface area is 149 Å². The molecule has 0 atom stereocenters. The summed E-state index contributed by atoms with van der Waals surface area (Å²) >= 11 is 0. The first-order valence-corrected chi connectivity index (χ1v) is 7.89. The third-order valence-corrected chi connectivity index (χ3v) is 3.74. The summed E-state index contributed by atoms with van der Waals surface area (Å²) in [4.78, 5) is 28.1. The first-order chi connectivity index (χ1) is 12.5. The van der Waals surface area contributed by atoms with Gasteiger partial charge in [-0.1, -0.05) is 18.2 Å². The van der Waals surface area contributed by atoms with E-state index in [-0.39, 0.29) is 11.7 Å². The molecule has 0 radical (unpaired) electrons. The summed E-state index contributed by atoms with van der Waals surface area (Å²) < 4.78 is 14.5. The summed E-state index contributed by atoms with van der Waals surface area (Å²) in [6.45, 7) is 0. The number of imidazole rings is 1. The molecule has 0 spiro atoms. The van der Waals surface area contributed by atoms with Gasteiger partial charge < -0.3 is 9.88 Å². The van der Waals surface area contributed by atoms with Crippen LogP contribution in [0.5, 0.6) is 0 Å². The van der Waals surface area contributed by atoms with Gasteiger partial charge in [0.1, 0.15) is 5.82 Å². The van der Waals surface area contributed by atoms with E-state index in [2.05, 4.69) is 10.3 Å². The van der Waals surface area contributed by atoms with Crippen molar-refractivity contribution in [3.05, 3.63) is 89.8 Å². The third kappa shape index (κ3) is 4.10. The zero-order valence-corrected chi connectivity index (χ0v) is 14.0. The van der Waals surface area contributed by atoms with Crippen molar-refractivity contribution >= 4 is 23.5 Å². The van der Waals surface area contributed by atoms with E-state index in [1.54, 1.807) is 54.3 Å². The predicted molar refractivity (Wildman–Crippen MR) is 97.4 cm³/mol. The number of rotatable bonds is 5. The smallest absolute Gasteiger partial charge is 0.255 e. The van der Waals surface area contributed by atoms with Gasteiger partial charge in [-0.05, 0) is 48.0 Å². The fraction of sp³-hybridized carbons (Fsp3) is 0.0500. The molecule has 1 amide bonds. The molecule has 2 aromatic carbocycles. The highest BCUT2D eigenvalue weighted by Crippen LogP contribution is 2.13. The van der Waals surface area contributed by atoms with Crippen molar-refractivity contribution in [3.8, 4) is 0 Å². The van der Waals surface area contributed by atoms with E-state index in [0.29, 0.717) is 17.1 Å².